The van der Waals surface area contributed by atoms with E-state index in [9.17, 15) is 9.59 Å². The molecule has 2 amide bonds. The maximum atomic E-state index is 13.4. The number of nitrogens with one attached hydrogen (secondary N) is 1. The van der Waals surface area contributed by atoms with E-state index in [0.717, 1.165) is 49.8 Å². The van der Waals surface area contributed by atoms with Crippen LogP contribution >= 0.6 is 0 Å². The molecular formula is C22H24N2O3. The van der Waals surface area contributed by atoms with E-state index in [2.05, 4.69) is 12.1 Å². The van der Waals surface area contributed by atoms with E-state index >= 15 is 0 Å². The van der Waals surface area contributed by atoms with Crippen molar-refractivity contribution in [2.45, 2.75) is 38.6 Å². The zero-order valence-electron chi connectivity index (χ0n) is 15.3. The molecule has 4 rings (SSSR count). The van der Waals surface area contributed by atoms with Crippen LogP contribution in [0, 0.1) is 5.41 Å². The van der Waals surface area contributed by atoms with Gasteiger partial charge in [0.2, 0.25) is 5.91 Å². The normalized spacial score (nSPS) is 21.8. The first kappa shape index (κ1) is 17.7. The van der Waals surface area contributed by atoms with Gasteiger partial charge in [0.15, 0.2) is 0 Å². The molecule has 2 N–H and O–H groups in total. The molecule has 1 heterocycles. The van der Waals surface area contributed by atoms with Gasteiger partial charge in [-0.2, -0.15) is 0 Å². The van der Waals surface area contributed by atoms with E-state index in [1.54, 1.807) is 11.5 Å². The molecule has 1 unspecified atom stereocenters. The van der Waals surface area contributed by atoms with Gasteiger partial charge in [-0.1, -0.05) is 36.4 Å². The predicted molar refractivity (Wildman–Crippen MR) is 101 cm³/mol. The Morgan fingerprint density at radius 3 is 2.70 bits per heavy atom. The van der Waals surface area contributed by atoms with Crippen molar-refractivity contribution in [1.29, 1.82) is 0 Å². The van der Waals surface area contributed by atoms with Crippen LogP contribution in [0.3, 0.4) is 0 Å². The summed E-state index contributed by atoms with van der Waals surface area (Å²) in [7, 11) is 0. The molecule has 1 saturated heterocycles. The molecule has 0 bridgehead atoms. The van der Waals surface area contributed by atoms with E-state index < -0.39 is 5.91 Å². The lowest BCUT2D eigenvalue weighted by atomic mass is 9.66. The minimum Gasteiger partial charge on any atom is -0.338 e. The van der Waals surface area contributed by atoms with Gasteiger partial charge in [-0.3, -0.25) is 14.8 Å². The largest absolute Gasteiger partial charge is 0.338 e. The molecule has 2 aromatic rings. The zero-order chi connectivity index (χ0) is 18.9. The van der Waals surface area contributed by atoms with Gasteiger partial charge in [-0.05, 0) is 60.9 Å². The Balaban J connectivity index is 1.55. The molecule has 140 valence electrons. The number of aryl methyl sites for hydroxylation is 1. The monoisotopic (exact) mass is 364 g/mol. The highest BCUT2D eigenvalue weighted by molar-refractivity contribution is 5.93. The number of carbonyl (C=O) groups is 2. The number of piperidine rings is 1. The lowest BCUT2D eigenvalue weighted by Crippen LogP contribution is -2.50. The first-order valence-corrected chi connectivity index (χ1v) is 9.51. The fourth-order valence-corrected chi connectivity index (χ4v) is 4.57. The zero-order valence-corrected chi connectivity index (χ0v) is 15.3. The summed E-state index contributed by atoms with van der Waals surface area (Å²) in [5.41, 5.74) is 5.23. The summed E-state index contributed by atoms with van der Waals surface area (Å²) < 4.78 is 0. The van der Waals surface area contributed by atoms with Crippen LogP contribution in [-0.2, 0) is 24.2 Å². The van der Waals surface area contributed by atoms with E-state index in [1.165, 1.54) is 5.56 Å². The predicted octanol–water partition coefficient (Wildman–Crippen LogP) is 3.10. The van der Waals surface area contributed by atoms with Gasteiger partial charge >= 0.3 is 0 Å². The minimum atomic E-state index is -0.499. The number of hydrogen-bond acceptors (Lipinski definition) is 3. The fraction of sp³-hybridized carbons (Fsp3) is 0.364. The Bertz CT molecular complexity index is 865. The maximum absolute atomic E-state index is 13.4. The third-order valence-corrected chi connectivity index (χ3v) is 6.01. The van der Waals surface area contributed by atoms with Crippen LogP contribution in [0.1, 0.15) is 46.3 Å². The minimum absolute atomic E-state index is 0.264. The van der Waals surface area contributed by atoms with Gasteiger partial charge in [0.25, 0.3) is 5.91 Å². The molecule has 1 fully saturated rings. The van der Waals surface area contributed by atoms with E-state index in [-0.39, 0.29) is 11.3 Å². The number of nitrogens with zero attached hydrogens (tertiary/aromatic N) is 1. The SMILES string of the molecule is O=C(NO)c1ccc2c(c1)CCC1(CCCN(Cc3ccccc3)C1=O)C2. The number of likely N-dealkylation sites (tertiary alicyclic amines) is 1. The Morgan fingerprint density at radius 1 is 1.11 bits per heavy atom. The van der Waals surface area contributed by atoms with E-state index in [1.807, 2.05) is 35.2 Å². The molecule has 2 aromatic carbocycles. The number of amides is 2. The van der Waals surface area contributed by atoms with E-state index in [0.29, 0.717) is 12.1 Å². The number of rotatable bonds is 3. The van der Waals surface area contributed by atoms with Crippen LogP contribution in [-0.4, -0.2) is 28.5 Å². The molecule has 0 aromatic heterocycles. The number of carbonyl (C=O) groups excluding carboxylic acids is 2. The molecule has 1 spiro atoms. The molecule has 0 saturated carbocycles. The van der Waals surface area contributed by atoms with Crippen LogP contribution in [0.15, 0.2) is 48.5 Å². The van der Waals surface area contributed by atoms with Crippen molar-refractivity contribution >= 4 is 11.8 Å². The van der Waals surface area contributed by atoms with Crippen LogP contribution in [0.5, 0.6) is 0 Å². The molecule has 1 aliphatic heterocycles. The van der Waals surface area contributed by atoms with E-state index in [4.69, 9.17) is 5.21 Å². The highest BCUT2D eigenvalue weighted by atomic mass is 16.5. The second-order valence-electron chi connectivity index (χ2n) is 7.70. The number of benzene rings is 2. The van der Waals surface area contributed by atoms with Crippen molar-refractivity contribution in [3.63, 3.8) is 0 Å². The van der Waals surface area contributed by atoms with Crippen LogP contribution < -0.4 is 5.48 Å². The first-order chi connectivity index (χ1) is 13.1. The summed E-state index contributed by atoms with van der Waals surface area (Å²) in [5.74, 6) is -0.235. The molecule has 2 aliphatic rings. The van der Waals surface area contributed by atoms with Gasteiger partial charge in [-0.15, -0.1) is 0 Å². The second kappa shape index (κ2) is 7.16. The van der Waals surface area contributed by atoms with Gasteiger partial charge in [-0.25, -0.2) is 5.48 Å². The van der Waals surface area contributed by atoms with Crippen molar-refractivity contribution in [1.82, 2.24) is 10.4 Å². The van der Waals surface area contributed by atoms with Crippen molar-refractivity contribution in [2.24, 2.45) is 5.41 Å². The number of hydrogen-bond donors (Lipinski definition) is 2. The summed E-state index contributed by atoms with van der Waals surface area (Å²) in [5, 5.41) is 8.83. The highest BCUT2D eigenvalue weighted by Crippen LogP contribution is 2.43. The quantitative estimate of drug-likeness (QED) is 0.649. The average Bonchev–Trinajstić information content (AvgIpc) is 2.71. The average molecular weight is 364 g/mol. The Morgan fingerprint density at radius 2 is 1.93 bits per heavy atom. The maximum Gasteiger partial charge on any atom is 0.274 e. The Kier molecular flexibility index (Phi) is 4.70. The summed E-state index contributed by atoms with van der Waals surface area (Å²) in [6.07, 6.45) is 4.28. The molecular weight excluding hydrogens is 340 g/mol. The molecule has 1 aliphatic carbocycles. The second-order valence-corrected chi connectivity index (χ2v) is 7.70. The Hall–Kier alpha value is -2.66. The number of hydroxylamine groups is 1. The van der Waals surface area contributed by atoms with Gasteiger partial charge < -0.3 is 4.90 Å². The number of fused-ring (bicyclic) bond motifs is 1. The smallest absolute Gasteiger partial charge is 0.274 e. The highest BCUT2D eigenvalue weighted by Gasteiger charge is 2.45. The molecule has 1 atom stereocenters. The van der Waals surface area contributed by atoms with Gasteiger partial charge in [0.1, 0.15) is 0 Å². The van der Waals surface area contributed by atoms with Crippen molar-refractivity contribution < 1.29 is 14.8 Å². The summed E-state index contributed by atoms with van der Waals surface area (Å²) in [6.45, 7) is 1.49. The third-order valence-electron chi connectivity index (χ3n) is 6.01. The van der Waals surface area contributed by atoms with Crippen molar-refractivity contribution in [2.75, 3.05) is 6.54 Å². The van der Waals surface area contributed by atoms with Crippen molar-refractivity contribution in [3.05, 3.63) is 70.8 Å². The van der Waals surface area contributed by atoms with Crippen LogP contribution in [0.2, 0.25) is 0 Å². The summed E-state index contributed by atoms with van der Waals surface area (Å²) in [6, 6.07) is 15.6. The summed E-state index contributed by atoms with van der Waals surface area (Å²) in [4.78, 5) is 27.0. The lowest BCUT2D eigenvalue weighted by molar-refractivity contribution is -0.148. The van der Waals surface area contributed by atoms with Crippen LogP contribution in [0.4, 0.5) is 0 Å². The van der Waals surface area contributed by atoms with Gasteiger partial charge in [0.05, 0.1) is 5.41 Å². The molecule has 27 heavy (non-hydrogen) atoms. The topological polar surface area (TPSA) is 69.6 Å². The van der Waals surface area contributed by atoms with Crippen molar-refractivity contribution in [3.8, 4) is 0 Å². The summed E-state index contributed by atoms with van der Waals surface area (Å²) >= 11 is 0. The first-order valence-electron chi connectivity index (χ1n) is 9.51. The third kappa shape index (κ3) is 3.35. The molecule has 5 nitrogen and oxygen atoms in total. The lowest BCUT2D eigenvalue weighted by Gasteiger charge is -2.44. The molecule has 0 radical (unpaired) electrons. The Labute approximate surface area is 159 Å². The standard InChI is InChI=1S/C22H24N2O3/c25-20(23-27)18-7-8-19-14-22(11-9-17(19)13-18)10-4-12-24(21(22)26)15-16-5-2-1-3-6-16/h1-3,5-8,13,27H,4,9-12,14-15H2,(H,23,25). The van der Waals surface area contributed by atoms with Crippen LogP contribution in [0.25, 0.3) is 0 Å². The fourth-order valence-electron chi connectivity index (χ4n) is 4.57. The molecule has 5 heteroatoms. The van der Waals surface area contributed by atoms with Gasteiger partial charge in [0, 0.05) is 18.7 Å².